The number of urea groups is 1. The number of rotatable bonds is 6. The Balaban J connectivity index is 1.93. The fraction of sp³-hybridized carbons (Fsp3) is 0.375. The van der Waals surface area contributed by atoms with E-state index in [9.17, 15) is 9.90 Å². The minimum absolute atomic E-state index is 0.150. The SMILES string of the molecule is CCc1nc(C(C)NC(=O)NC(CO)c2ccccc2)cs1. The van der Waals surface area contributed by atoms with E-state index in [1.165, 1.54) is 0 Å². The van der Waals surface area contributed by atoms with Crippen molar-refractivity contribution in [2.75, 3.05) is 6.61 Å². The molecule has 118 valence electrons. The van der Waals surface area contributed by atoms with E-state index in [4.69, 9.17) is 0 Å². The highest BCUT2D eigenvalue weighted by Gasteiger charge is 2.16. The monoisotopic (exact) mass is 319 g/mol. The first-order valence-corrected chi connectivity index (χ1v) is 8.19. The molecule has 0 spiro atoms. The smallest absolute Gasteiger partial charge is 0.315 e. The molecule has 1 aromatic carbocycles. The molecule has 2 unspecified atom stereocenters. The van der Waals surface area contributed by atoms with E-state index in [0.717, 1.165) is 22.7 Å². The first-order valence-electron chi connectivity index (χ1n) is 7.31. The van der Waals surface area contributed by atoms with Crippen molar-refractivity contribution in [1.82, 2.24) is 15.6 Å². The number of hydrogen-bond donors (Lipinski definition) is 3. The zero-order valence-electron chi connectivity index (χ0n) is 12.7. The number of benzene rings is 1. The highest BCUT2D eigenvalue weighted by Crippen LogP contribution is 2.17. The summed E-state index contributed by atoms with van der Waals surface area (Å²) in [6.07, 6.45) is 0.893. The van der Waals surface area contributed by atoms with Gasteiger partial charge in [-0.25, -0.2) is 9.78 Å². The molecule has 2 amide bonds. The van der Waals surface area contributed by atoms with Gasteiger partial charge in [0.05, 0.1) is 29.4 Å². The Kier molecular flexibility index (Phi) is 5.91. The summed E-state index contributed by atoms with van der Waals surface area (Å²) in [7, 11) is 0. The lowest BCUT2D eigenvalue weighted by Gasteiger charge is -2.19. The third-order valence-electron chi connectivity index (χ3n) is 3.35. The van der Waals surface area contributed by atoms with Crippen molar-refractivity contribution in [3.63, 3.8) is 0 Å². The van der Waals surface area contributed by atoms with Crippen LogP contribution in [0.3, 0.4) is 0 Å². The normalized spacial score (nSPS) is 13.4. The number of aromatic nitrogens is 1. The summed E-state index contributed by atoms with van der Waals surface area (Å²) in [6.45, 7) is 3.80. The Morgan fingerprint density at radius 1 is 1.32 bits per heavy atom. The third-order valence-corrected chi connectivity index (χ3v) is 4.36. The topological polar surface area (TPSA) is 74.2 Å². The fourth-order valence-electron chi connectivity index (χ4n) is 2.08. The second kappa shape index (κ2) is 7.91. The van der Waals surface area contributed by atoms with E-state index >= 15 is 0 Å². The fourth-order valence-corrected chi connectivity index (χ4v) is 2.91. The van der Waals surface area contributed by atoms with Crippen LogP contribution in [0.25, 0.3) is 0 Å². The maximum atomic E-state index is 12.1. The van der Waals surface area contributed by atoms with E-state index in [1.54, 1.807) is 11.3 Å². The second-order valence-electron chi connectivity index (χ2n) is 5.00. The summed E-state index contributed by atoms with van der Waals surface area (Å²) >= 11 is 1.60. The second-order valence-corrected chi connectivity index (χ2v) is 5.95. The van der Waals surface area contributed by atoms with Crippen molar-refractivity contribution in [3.05, 3.63) is 52.0 Å². The quantitative estimate of drug-likeness (QED) is 0.766. The molecule has 0 aliphatic heterocycles. The zero-order valence-corrected chi connectivity index (χ0v) is 13.6. The molecule has 0 radical (unpaired) electrons. The molecule has 0 aliphatic carbocycles. The molecule has 1 aromatic heterocycles. The van der Waals surface area contributed by atoms with E-state index < -0.39 is 6.04 Å². The summed E-state index contributed by atoms with van der Waals surface area (Å²) in [5, 5.41) is 18.1. The lowest BCUT2D eigenvalue weighted by atomic mass is 10.1. The summed E-state index contributed by atoms with van der Waals surface area (Å²) in [5.41, 5.74) is 1.73. The number of amides is 2. The van der Waals surface area contributed by atoms with Gasteiger partial charge in [0.15, 0.2) is 0 Å². The molecular formula is C16H21N3O2S. The highest BCUT2D eigenvalue weighted by molar-refractivity contribution is 7.09. The summed E-state index contributed by atoms with van der Waals surface area (Å²) in [4.78, 5) is 16.6. The van der Waals surface area contributed by atoms with Crippen LogP contribution in [0.15, 0.2) is 35.7 Å². The molecule has 0 saturated heterocycles. The number of carbonyl (C=O) groups is 1. The maximum Gasteiger partial charge on any atom is 0.315 e. The van der Waals surface area contributed by atoms with Gasteiger partial charge in [0.1, 0.15) is 0 Å². The lowest BCUT2D eigenvalue weighted by molar-refractivity contribution is 0.214. The Bertz CT molecular complexity index is 600. The summed E-state index contributed by atoms with van der Waals surface area (Å²) in [5.74, 6) is 0. The van der Waals surface area contributed by atoms with Crippen molar-refractivity contribution >= 4 is 17.4 Å². The van der Waals surface area contributed by atoms with Gasteiger partial charge in [-0.05, 0) is 18.9 Å². The van der Waals surface area contributed by atoms with E-state index in [1.807, 2.05) is 42.6 Å². The van der Waals surface area contributed by atoms with Crippen LogP contribution in [0.1, 0.15) is 42.2 Å². The van der Waals surface area contributed by atoms with Gasteiger partial charge in [0.25, 0.3) is 0 Å². The van der Waals surface area contributed by atoms with Gasteiger partial charge in [-0.15, -0.1) is 11.3 Å². The van der Waals surface area contributed by atoms with Gasteiger partial charge < -0.3 is 15.7 Å². The van der Waals surface area contributed by atoms with E-state index in [-0.39, 0.29) is 18.7 Å². The van der Waals surface area contributed by atoms with Gasteiger partial charge in [0.2, 0.25) is 0 Å². The molecule has 5 nitrogen and oxygen atoms in total. The maximum absolute atomic E-state index is 12.1. The molecule has 2 rings (SSSR count). The van der Waals surface area contributed by atoms with Gasteiger partial charge in [-0.2, -0.15) is 0 Å². The molecule has 0 aliphatic rings. The number of nitrogens with zero attached hydrogens (tertiary/aromatic N) is 1. The van der Waals surface area contributed by atoms with Crippen molar-refractivity contribution < 1.29 is 9.90 Å². The molecule has 0 fully saturated rings. The van der Waals surface area contributed by atoms with Crippen LogP contribution in [0.2, 0.25) is 0 Å². The Labute approximate surface area is 134 Å². The van der Waals surface area contributed by atoms with Gasteiger partial charge in [-0.3, -0.25) is 0 Å². The third kappa shape index (κ3) is 4.29. The average Bonchev–Trinajstić information content (AvgIpc) is 3.02. The first-order chi connectivity index (χ1) is 10.6. The Morgan fingerprint density at radius 3 is 2.64 bits per heavy atom. The van der Waals surface area contributed by atoms with Gasteiger partial charge >= 0.3 is 6.03 Å². The molecule has 2 aromatic rings. The number of aryl methyl sites for hydroxylation is 1. The van der Waals surface area contributed by atoms with Crippen LogP contribution >= 0.6 is 11.3 Å². The van der Waals surface area contributed by atoms with Crippen molar-refractivity contribution in [2.45, 2.75) is 32.4 Å². The molecule has 3 N–H and O–H groups in total. The van der Waals surface area contributed by atoms with Crippen LogP contribution < -0.4 is 10.6 Å². The van der Waals surface area contributed by atoms with E-state index in [2.05, 4.69) is 22.5 Å². The zero-order chi connectivity index (χ0) is 15.9. The van der Waals surface area contributed by atoms with E-state index in [0.29, 0.717) is 0 Å². The number of thiazole rings is 1. The predicted octanol–water partition coefficient (Wildman–Crippen LogP) is 2.80. The largest absolute Gasteiger partial charge is 0.394 e. The molecule has 22 heavy (non-hydrogen) atoms. The van der Waals surface area contributed by atoms with Crippen LogP contribution in [0.5, 0.6) is 0 Å². The van der Waals surface area contributed by atoms with Crippen molar-refractivity contribution in [1.29, 1.82) is 0 Å². The molecule has 2 atom stereocenters. The minimum atomic E-state index is -0.421. The Morgan fingerprint density at radius 2 is 2.05 bits per heavy atom. The average molecular weight is 319 g/mol. The van der Waals surface area contributed by atoms with Crippen LogP contribution in [0, 0.1) is 0 Å². The number of aliphatic hydroxyl groups is 1. The minimum Gasteiger partial charge on any atom is -0.394 e. The van der Waals surface area contributed by atoms with Gasteiger partial charge in [-0.1, -0.05) is 37.3 Å². The predicted molar refractivity (Wildman–Crippen MR) is 87.8 cm³/mol. The molecule has 0 saturated carbocycles. The number of aliphatic hydroxyl groups excluding tert-OH is 1. The van der Waals surface area contributed by atoms with Crippen molar-refractivity contribution in [3.8, 4) is 0 Å². The van der Waals surface area contributed by atoms with Gasteiger partial charge in [0, 0.05) is 5.38 Å². The summed E-state index contributed by atoms with van der Waals surface area (Å²) < 4.78 is 0. The van der Waals surface area contributed by atoms with Crippen LogP contribution in [0.4, 0.5) is 4.79 Å². The molecule has 0 bridgehead atoms. The number of hydrogen-bond acceptors (Lipinski definition) is 4. The Hall–Kier alpha value is -1.92. The molecule has 6 heteroatoms. The van der Waals surface area contributed by atoms with Crippen LogP contribution in [-0.4, -0.2) is 22.7 Å². The summed E-state index contributed by atoms with van der Waals surface area (Å²) in [6, 6.07) is 8.48. The standard InChI is InChI=1S/C16H21N3O2S/c1-3-15-18-14(10-22-15)11(2)17-16(21)19-13(9-20)12-7-5-4-6-8-12/h4-8,10-11,13,20H,3,9H2,1-2H3,(H2,17,19,21). The molecular weight excluding hydrogens is 298 g/mol. The number of carbonyl (C=O) groups excluding carboxylic acids is 1. The van der Waals surface area contributed by atoms with Crippen molar-refractivity contribution in [2.24, 2.45) is 0 Å². The first kappa shape index (κ1) is 16.5. The highest BCUT2D eigenvalue weighted by atomic mass is 32.1. The number of nitrogens with one attached hydrogen (secondary N) is 2. The van der Waals surface area contributed by atoms with Crippen LogP contribution in [-0.2, 0) is 6.42 Å². The lowest BCUT2D eigenvalue weighted by Crippen LogP contribution is -2.40. The molecule has 1 heterocycles.